The number of benzene rings is 1. The largest absolute Gasteiger partial charge is 0.388 e. The third-order valence-corrected chi connectivity index (χ3v) is 2.85. The van der Waals surface area contributed by atoms with Crippen LogP contribution in [0.3, 0.4) is 0 Å². The number of imidazole rings is 1. The third kappa shape index (κ3) is 2.41. The summed E-state index contributed by atoms with van der Waals surface area (Å²) in [5, 5.41) is 9.94. The second-order valence-electron chi connectivity index (χ2n) is 3.98. The summed E-state index contributed by atoms with van der Waals surface area (Å²) >= 11 is 0. The SMILES string of the molecule is CCn1ccnc1CC(O)c1c(F)cccc1F. The van der Waals surface area contributed by atoms with E-state index >= 15 is 0 Å². The Bertz CT molecular complexity index is 519. The number of aromatic nitrogens is 2. The number of halogens is 2. The zero-order valence-corrected chi connectivity index (χ0v) is 9.98. The maximum absolute atomic E-state index is 13.5. The molecule has 96 valence electrons. The molecule has 0 spiro atoms. The van der Waals surface area contributed by atoms with E-state index in [1.807, 2.05) is 11.5 Å². The van der Waals surface area contributed by atoms with Crippen molar-refractivity contribution in [3.8, 4) is 0 Å². The molecule has 18 heavy (non-hydrogen) atoms. The van der Waals surface area contributed by atoms with Crippen LogP contribution in [0.15, 0.2) is 30.6 Å². The predicted molar refractivity (Wildman–Crippen MR) is 62.9 cm³/mol. The summed E-state index contributed by atoms with van der Waals surface area (Å²) in [6, 6.07) is 3.54. The van der Waals surface area contributed by atoms with Gasteiger partial charge in [-0.3, -0.25) is 0 Å². The van der Waals surface area contributed by atoms with E-state index in [1.54, 1.807) is 12.4 Å². The van der Waals surface area contributed by atoms with Gasteiger partial charge in [-0.05, 0) is 19.1 Å². The molecule has 1 unspecified atom stereocenters. The molecule has 1 heterocycles. The van der Waals surface area contributed by atoms with Crippen LogP contribution in [0.1, 0.15) is 24.4 Å². The van der Waals surface area contributed by atoms with Crippen LogP contribution in [-0.4, -0.2) is 14.7 Å². The molecule has 0 fully saturated rings. The molecule has 1 aromatic carbocycles. The van der Waals surface area contributed by atoms with E-state index in [2.05, 4.69) is 4.98 Å². The van der Waals surface area contributed by atoms with Gasteiger partial charge in [0.05, 0.1) is 11.7 Å². The van der Waals surface area contributed by atoms with Gasteiger partial charge in [0.2, 0.25) is 0 Å². The molecule has 0 radical (unpaired) electrons. The molecule has 1 N–H and O–H groups in total. The van der Waals surface area contributed by atoms with Gasteiger partial charge in [0.15, 0.2) is 0 Å². The molecule has 0 saturated carbocycles. The molecule has 0 saturated heterocycles. The van der Waals surface area contributed by atoms with Gasteiger partial charge in [0.1, 0.15) is 17.5 Å². The lowest BCUT2D eigenvalue weighted by molar-refractivity contribution is 0.164. The van der Waals surface area contributed by atoms with Crippen LogP contribution in [0.4, 0.5) is 8.78 Å². The van der Waals surface area contributed by atoms with E-state index in [9.17, 15) is 13.9 Å². The molecule has 1 aromatic heterocycles. The summed E-state index contributed by atoms with van der Waals surface area (Å²) in [5.41, 5.74) is -0.303. The highest BCUT2D eigenvalue weighted by Crippen LogP contribution is 2.23. The molecule has 2 rings (SSSR count). The third-order valence-electron chi connectivity index (χ3n) is 2.85. The highest BCUT2D eigenvalue weighted by molar-refractivity contribution is 5.23. The zero-order valence-electron chi connectivity index (χ0n) is 9.98. The Hall–Kier alpha value is -1.75. The maximum atomic E-state index is 13.5. The molecular weight excluding hydrogens is 238 g/mol. The lowest BCUT2D eigenvalue weighted by atomic mass is 10.0. The van der Waals surface area contributed by atoms with Crippen LogP contribution >= 0.6 is 0 Å². The van der Waals surface area contributed by atoms with Gasteiger partial charge >= 0.3 is 0 Å². The second-order valence-corrected chi connectivity index (χ2v) is 3.98. The Morgan fingerprint density at radius 3 is 2.61 bits per heavy atom. The summed E-state index contributed by atoms with van der Waals surface area (Å²) < 4.78 is 28.8. The van der Waals surface area contributed by atoms with Crippen LogP contribution in [0, 0.1) is 11.6 Å². The molecule has 5 heteroatoms. The molecule has 0 aliphatic rings. The molecule has 1 atom stereocenters. The Labute approximate surface area is 104 Å². The number of rotatable bonds is 4. The Balaban J connectivity index is 2.25. The van der Waals surface area contributed by atoms with Gasteiger partial charge in [-0.15, -0.1) is 0 Å². The van der Waals surface area contributed by atoms with Gasteiger partial charge in [-0.1, -0.05) is 6.07 Å². The number of aryl methyl sites for hydroxylation is 1. The van der Waals surface area contributed by atoms with Gasteiger partial charge in [0, 0.05) is 25.4 Å². The second kappa shape index (κ2) is 5.27. The Morgan fingerprint density at radius 1 is 1.33 bits per heavy atom. The monoisotopic (exact) mass is 252 g/mol. The van der Waals surface area contributed by atoms with Crippen molar-refractivity contribution >= 4 is 0 Å². The minimum Gasteiger partial charge on any atom is -0.388 e. The Morgan fingerprint density at radius 2 is 2.00 bits per heavy atom. The number of hydrogen-bond donors (Lipinski definition) is 1. The normalized spacial score (nSPS) is 12.7. The highest BCUT2D eigenvalue weighted by atomic mass is 19.1. The van der Waals surface area contributed by atoms with Crippen molar-refractivity contribution in [2.45, 2.75) is 26.0 Å². The fourth-order valence-electron chi connectivity index (χ4n) is 1.92. The fraction of sp³-hybridized carbons (Fsp3) is 0.308. The molecule has 0 aliphatic carbocycles. The van der Waals surface area contributed by atoms with Crippen molar-refractivity contribution in [1.82, 2.24) is 9.55 Å². The summed E-state index contributed by atoms with van der Waals surface area (Å²) in [6.07, 6.45) is 2.21. The lowest BCUT2D eigenvalue weighted by Gasteiger charge is -2.13. The molecule has 0 amide bonds. The molecule has 0 bridgehead atoms. The van der Waals surface area contributed by atoms with Crippen LogP contribution in [0.2, 0.25) is 0 Å². The Kier molecular flexibility index (Phi) is 3.72. The quantitative estimate of drug-likeness (QED) is 0.907. The molecule has 2 aromatic rings. The fourth-order valence-corrected chi connectivity index (χ4v) is 1.92. The maximum Gasteiger partial charge on any atom is 0.131 e. The topological polar surface area (TPSA) is 38.0 Å². The average Bonchev–Trinajstić information content (AvgIpc) is 2.76. The summed E-state index contributed by atoms with van der Waals surface area (Å²) in [5.74, 6) is -0.873. The minimum absolute atomic E-state index is 0.0820. The van der Waals surface area contributed by atoms with Gasteiger partial charge in [0.25, 0.3) is 0 Å². The number of nitrogens with zero attached hydrogens (tertiary/aromatic N) is 2. The van der Waals surface area contributed by atoms with Crippen molar-refractivity contribution < 1.29 is 13.9 Å². The van der Waals surface area contributed by atoms with E-state index in [-0.39, 0.29) is 12.0 Å². The van der Waals surface area contributed by atoms with Gasteiger partial charge in [-0.25, -0.2) is 13.8 Å². The number of hydrogen-bond acceptors (Lipinski definition) is 2. The first-order chi connectivity index (χ1) is 8.63. The van der Waals surface area contributed by atoms with Crippen molar-refractivity contribution in [3.63, 3.8) is 0 Å². The van der Waals surface area contributed by atoms with E-state index in [1.165, 1.54) is 6.07 Å². The standard InChI is InChI=1S/C13H14F2N2O/c1-2-17-7-6-16-12(17)8-11(18)13-9(14)4-3-5-10(13)15/h3-7,11,18H,2,8H2,1H3. The average molecular weight is 252 g/mol. The minimum atomic E-state index is -1.24. The molecule has 3 nitrogen and oxygen atoms in total. The van der Waals surface area contributed by atoms with E-state index in [0.717, 1.165) is 12.1 Å². The van der Waals surface area contributed by atoms with Crippen LogP contribution in [-0.2, 0) is 13.0 Å². The highest BCUT2D eigenvalue weighted by Gasteiger charge is 2.19. The first-order valence-electron chi connectivity index (χ1n) is 5.75. The van der Waals surface area contributed by atoms with E-state index in [0.29, 0.717) is 12.4 Å². The van der Waals surface area contributed by atoms with E-state index in [4.69, 9.17) is 0 Å². The lowest BCUT2D eigenvalue weighted by Crippen LogP contribution is -2.11. The zero-order chi connectivity index (χ0) is 13.1. The number of aliphatic hydroxyl groups excluding tert-OH is 1. The molecular formula is C13H14F2N2O. The summed E-state index contributed by atoms with van der Waals surface area (Å²) in [4.78, 5) is 4.07. The first-order valence-corrected chi connectivity index (χ1v) is 5.75. The van der Waals surface area contributed by atoms with Crippen LogP contribution in [0.25, 0.3) is 0 Å². The van der Waals surface area contributed by atoms with Crippen molar-refractivity contribution in [3.05, 3.63) is 53.6 Å². The van der Waals surface area contributed by atoms with Crippen molar-refractivity contribution in [2.75, 3.05) is 0 Å². The van der Waals surface area contributed by atoms with Crippen LogP contribution < -0.4 is 0 Å². The number of aliphatic hydroxyl groups is 1. The van der Waals surface area contributed by atoms with Crippen molar-refractivity contribution in [1.29, 1.82) is 0 Å². The predicted octanol–water partition coefficient (Wildman–Crippen LogP) is 2.46. The smallest absolute Gasteiger partial charge is 0.131 e. The van der Waals surface area contributed by atoms with Gasteiger partial charge in [-0.2, -0.15) is 0 Å². The first kappa shape index (κ1) is 12.7. The van der Waals surface area contributed by atoms with Gasteiger partial charge < -0.3 is 9.67 Å². The van der Waals surface area contributed by atoms with Crippen molar-refractivity contribution in [2.24, 2.45) is 0 Å². The summed E-state index contributed by atoms with van der Waals surface area (Å²) in [7, 11) is 0. The van der Waals surface area contributed by atoms with Crippen LogP contribution in [0.5, 0.6) is 0 Å². The summed E-state index contributed by atoms with van der Waals surface area (Å²) in [6.45, 7) is 2.63. The molecule has 0 aliphatic heterocycles. The van der Waals surface area contributed by atoms with E-state index < -0.39 is 17.7 Å².